The van der Waals surface area contributed by atoms with Crippen LogP contribution in [0.1, 0.15) is 23.1 Å². The molecular weight excluding hydrogens is 414 g/mol. The molecule has 2 aromatic heterocycles. The number of carbonyl (C=O) groups is 1. The molecule has 0 saturated heterocycles. The van der Waals surface area contributed by atoms with E-state index in [4.69, 9.17) is 0 Å². The van der Waals surface area contributed by atoms with Crippen molar-refractivity contribution in [1.82, 2.24) is 9.71 Å². The maximum absolute atomic E-state index is 12.8. The molecule has 0 aliphatic carbocycles. The molecule has 6 nitrogen and oxygen atoms in total. The highest BCUT2D eigenvalue weighted by atomic mass is 32.2. The van der Waals surface area contributed by atoms with Gasteiger partial charge < -0.3 is 4.90 Å². The number of sulfonamides is 1. The van der Waals surface area contributed by atoms with Crippen molar-refractivity contribution in [3.05, 3.63) is 51.8 Å². The second-order valence-electron chi connectivity index (χ2n) is 6.54. The molecule has 28 heavy (non-hydrogen) atoms. The summed E-state index contributed by atoms with van der Waals surface area (Å²) in [6, 6.07) is 8.91. The SMILES string of the molecule is CC(=O)N1CCc2cc(S(=O)(=O)NCc3sc(-c4cccs4)nc3C)ccc21. The van der Waals surface area contributed by atoms with Crippen LogP contribution in [0.25, 0.3) is 9.88 Å². The Kier molecular flexibility index (Phi) is 5.09. The normalized spacial score (nSPS) is 13.7. The lowest BCUT2D eigenvalue weighted by atomic mass is 10.2. The Morgan fingerprint density at radius 1 is 1.32 bits per heavy atom. The number of thiazole rings is 1. The summed E-state index contributed by atoms with van der Waals surface area (Å²) in [4.78, 5) is 20.1. The Morgan fingerprint density at radius 3 is 2.86 bits per heavy atom. The number of nitrogens with one attached hydrogen (secondary N) is 1. The van der Waals surface area contributed by atoms with Crippen LogP contribution in [0.15, 0.2) is 40.6 Å². The van der Waals surface area contributed by atoms with E-state index in [-0.39, 0.29) is 17.3 Å². The largest absolute Gasteiger partial charge is 0.312 e. The number of hydrogen-bond donors (Lipinski definition) is 1. The van der Waals surface area contributed by atoms with Gasteiger partial charge in [-0.1, -0.05) is 6.07 Å². The molecule has 4 rings (SSSR count). The number of carbonyl (C=O) groups excluding carboxylic acids is 1. The van der Waals surface area contributed by atoms with Crippen molar-refractivity contribution in [3.8, 4) is 9.88 Å². The van der Waals surface area contributed by atoms with Crippen molar-refractivity contribution in [2.75, 3.05) is 11.4 Å². The predicted octanol–water partition coefficient (Wildman–Crippen LogP) is 3.57. The van der Waals surface area contributed by atoms with Crippen LogP contribution in [-0.4, -0.2) is 25.9 Å². The van der Waals surface area contributed by atoms with E-state index >= 15 is 0 Å². The molecule has 1 amide bonds. The summed E-state index contributed by atoms with van der Waals surface area (Å²) in [6.07, 6.45) is 0.663. The van der Waals surface area contributed by atoms with Gasteiger partial charge in [-0.15, -0.1) is 22.7 Å². The van der Waals surface area contributed by atoms with Crippen molar-refractivity contribution in [1.29, 1.82) is 0 Å². The molecule has 1 aliphatic heterocycles. The highest BCUT2D eigenvalue weighted by molar-refractivity contribution is 7.89. The van der Waals surface area contributed by atoms with Crippen molar-refractivity contribution in [3.63, 3.8) is 0 Å². The maximum Gasteiger partial charge on any atom is 0.240 e. The van der Waals surface area contributed by atoms with Crippen LogP contribution in [0.3, 0.4) is 0 Å². The molecular formula is C19H19N3O3S3. The topological polar surface area (TPSA) is 79.4 Å². The smallest absolute Gasteiger partial charge is 0.240 e. The number of thiophene rings is 1. The van der Waals surface area contributed by atoms with E-state index in [2.05, 4.69) is 9.71 Å². The first-order chi connectivity index (χ1) is 13.3. The third-order valence-electron chi connectivity index (χ3n) is 4.68. The highest BCUT2D eigenvalue weighted by Gasteiger charge is 2.25. The number of fused-ring (bicyclic) bond motifs is 1. The molecule has 0 atom stereocenters. The second kappa shape index (κ2) is 7.40. The van der Waals surface area contributed by atoms with Gasteiger partial charge in [-0.25, -0.2) is 18.1 Å². The van der Waals surface area contributed by atoms with Gasteiger partial charge in [-0.3, -0.25) is 4.79 Å². The first-order valence-corrected chi connectivity index (χ1v) is 11.9. The highest BCUT2D eigenvalue weighted by Crippen LogP contribution is 2.32. The number of benzene rings is 1. The van der Waals surface area contributed by atoms with Crippen LogP contribution in [-0.2, 0) is 27.8 Å². The molecule has 1 aromatic carbocycles. The Labute approximate surface area is 171 Å². The van der Waals surface area contributed by atoms with Gasteiger partial charge in [-0.2, -0.15) is 0 Å². The van der Waals surface area contributed by atoms with Crippen molar-refractivity contribution < 1.29 is 13.2 Å². The van der Waals surface area contributed by atoms with Crippen LogP contribution in [0.2, 0.25) is 0 Å². The summed E-state index contributed by atoms with van der Waals surface area (Å²) in [5.41, 5.74) is 2.51. The number of nitrogens with zero attached hydrogens (tertiary/aromatic N) is 2. The van der Waals surface area contributed by atoms with Gasteiger partial charge in [0, 0.05) is 30.6 Å². The fourth-order valence-electron chi connectivity index (χ4n) is 3.21. The average Bonchev–Trinajstić information content (AvgIpc) is 3.38. The van der Waals surface area contributed by atoms with Gasteiger partial charge in [-0.05, 0) is 48.6 Å². The third kappa shape index (κ3) is 3.62. The minimum atomic E-state index is -3.65. The van der Waals surface area contributed by atoms with Crippen LogP contribution in [0.4, 0.5) is 5.69 Å². The summed E-state index contributed by atoms with van der Waals surface area (Å²) in [7, 11) is -3.65. The van der Waals surface area contributed by atoms with E-state index in [1.165, 1.54) is 18.3 Å². The lowest BCUT2D eigenvalue weighted by molar-refractivity contribution is -0.116. The minimum Gasteiger partial charge on any atom is -0.312 e. The molecule has 1 aliphatic rings. The molecule has 0 bridgehead atoms. The zero-order valence-electron chi connectivity index (χ0n) is 15.4. The summed E-state index contributed by atoms with van der Waals surface area (Å²) in [5, 5.41) is 2.90. The number of anilines is 1. The van der Waals surface area contributed by atoms with E-state index in [0.29, 0.717) is 13.0 Å². The van der Waals surface area contributed by atoms with Crippen LogP contribution in [0, 0.1) is 6.92 Å². The molecule has 9 heteroatoms. The first kappa shape index (κ1) is 19.3. The third-order valence-corrected chi connectivity index (χ3v) is 8.28. The monoisotopic (exact) mass is 433 g/mol. The maximum atomic E-state index is 12.8. The van der Waals surface area contributed by atoms with Crippen LogP contribution >= 0.6 is 22.7 Å². The van der Waals surface area contributed by atoms with Gasteiger partial charge in [0.1, 0.15) is 5.01 Å². The molecule has 3 aromatic rings. The van der Waals surface area contributed by atoms with E-state index in [9.17, 15) is 13.2 Å². The number of hydrogen-bond acceptors (Lipinski definition) is 6. The number of aromatic nitrogens is 1. The van der Waals surface area contributed by atoms with Crippen LogP contribution in [0.5, 0.6) is 0 Å². The summed E-state index contributed by atoms with van der Waals surface area (Å²) >= 11 is 3.12. The molecule has 3 heterocycles. The Bertz CT molecular complexity index is 1130. The molecule has 0 saturated carbocycles. The van der Waals surface area contributed by atoms with E-state index in [1.54, 1.807) is 34.4 Å². The van der Waals surface area contributed by atoms with Gasteiger partial charge in [0.25, 0.3) is 0 Å². The van der Waals surface area contributed by atoms with Gasteiger partial charge in [0.2, 0.25) is 15.9 Å². The fourth-order valence-corrected chi connectivity index (χ4v) is 6.15. The van der Waals surface area contributed by atoms with Crippen molar-refractivity contribution in [2.24, 2.45) is 0 Å². The molecule has 0 fully saturated rings. The quantitative estimate of drug-likeness (QED) is 0.667. The van der Waals surface area contributed by atoms with E-state index in [1.807, 2.05) is 24.4 Å². The fraction of sp³-hybridized carbons (Fsp3) is 0.263. The molecule has 0 radical (unpaired) electrons. The second-order valence-corrected chi connectivity index (χ2v) is 10.3. The Balaban J connectivity index is 1.52. The van der Waals surface area contributed by atoms with Crippen molar-refractivity contribution >= 4 is 44.3 Å². The summed E-state index contributed by atoms with van der Waals surface area (Å²) in [6.45, 7) is 4.20. The zero-order valence-corrected chi connectivity index (χ0v) is 17.9. The Hall–Kier alpha value is -2.07. The molecule has 1 N–H and O–H groups in total. The summed E-state index contributed by atoms with van der Waals surface area (Å²) in [5.74, 6) is -0.0327. The molecule has 0 unspecified atom stereocenters. The minimum absolute atomic E-state index is 0.0327. The Morgan fingerprint density at radius 2 is 2.14 bits per heavy atom. The van der Waals surface area contributed by atoms with E-state index in [0.717, 1.165) is 31.7 Å². The van der Waals surface area contributed by atoms with Gasteiger partial charge in [0.15, 0.2) is 0 Å². The average molecular weight is 434 g/mol. The lowest BCUT2D eigenvalue weighted by Crippen LogP contribution is -2.26. The van der Waals surface area contributed by atoms with E-state index < -0.39 is 10.0 Å². The lowest BCUT2D eigenvalue weighted by Gasteiger charge is -2.15. The first-order valence-electron chi connectivity index (χ1n) is 8.76. The predicted molar refractivity (Wildman–Crippen MR) is 112 cm³/mol. The van der Waals surface area contributed by atoms with Crippen molar-refractivity contribution in [2.45, 2.75) is 31.7 Å². The standard InChI is InChI=1S/C19H19N3O3S3/c1-12-18(27-19(21-12)17-4-3-9-26-17)11-20-28(24,25)15-5-6-16-14(10-15)7-8-22(16)13(2)23/h3-6,9-10,20H,7-8,11H2,1-2H3. The zero-order chi connectivity index (χ0) is 19.9. The molecule has 0 spiro atoms. The summed E-state index contributed by atoms with van der Waals surface area (Å²) < 4.78 is 28.2. The number of aryl methyl sites for hydroxylation is 1. The van der Waals surface area contributed by atoms with Crippen LogP contribution < -0.4 is 9.62 Å². The molecule has 146 valence electrons. The number of rotatable bonds is 5. The van der Waals surface area contributed by atoms with Gasteiger partial charge >= 0.3 is 0 Å². The number of amides is 1. The van der Waals surface area contributed by atoms with Gasteiger partial charge in [0.05, 0.1) is 15.5 Å².